The van der Waals surface area contributed by atoms with Crippen molar-refractivity contribution in [1.82, 2.24) is 10.3 Å². The Balaban J connectivity index is 1.61. The van der Waals surface area contributed by atoms with Gasteiger partial charge < -0.3 is 10.1 Å². The highest BCUT2D eigenvalue weighted by Crippen LogP contribution is 2.27. The molecule has 1 aromatic carbocycles. The Morgan fingerprint density at radius 3 is 2.90 bits per heavy atom. The fourth-order valence-corrected chi connectivity index (χ4v) is 2.68. The highest BCUT2D eigenvalue weighted by Gasteiger charge is 2.20. The van der Waals surface area contributed by atoms with Gasteiger partial charge >= 0.3 is 0 Å². The van der Waals surface area contributed by atoms with Crippen molar-refractivity contribution in [1.29, 1.82) is 0 Å². The molecule has 0 radical (unpaired) electrons. The predicted molar refractivity (Wildman–Crippen MR) is 87.3 cm³/mol. The van der Waals surface area contributed by atoms with Gasteiger partial charge in [-0.25, -0.2) is 0 Å². The lowest BCUT2D eigenvalue weighted by atomic mass is 10.2. The molecule has 0 aliphatic heterocycles. The van der Waals surface area contributed by atoms with Crippen LogP contribution < -0.4 is 10.1 Å². The fraction of sp³-hybridized carbons (Fsp3) is 0.353. The average molecular weight is 347 g/mol. The van der Waals surface area contributed by atoms with E-state index in [1.165, 1.54) is 18.4 Å². The van der Waals surface area contributed by atoms with Gasteiger partial charge in [0.25, 0.3) is 0 Å². The first-order chi connectivity index (χ1) is 10.2. The third kappa shape index (κ3) is 4.05. The summed E-state index contributed by atoms with van der Waals surface area (Å²) in [4.78, 5) is 4.35. The van der Waals surface area contributed by atoms with Crippen LogP contribution in [-0.4, -0.2) is 11.0 Å². The van der Waals surface area contributed by atoms with Crippen LogP contribution in [0.2, 0.25) is 0 Å². The quantitative estimate of drug-likeness (QED) is 0.858. The number of nitrogens with one attached hydrogen (secondary N) is 1. The Hall–Kier alpha value is -1.39. The lowest BCUT2D eigenvalue weighted by Crippen LogP contribution is -2.15. The van der Waals surface area contributed by atoms with E-state index in [1.54, 1.807) is 6.20 Å². The number of aryl methyl sites for hydroxylation is 1. The monoisotopic (exact) mass is 346 g/mol. The van der Waals surface area contributed by atoms with Crippen molar-refractivity contribution in [3.8, 4) is 5.75 Å². The van der Waals surface area contributed by atoms with E-state index in [-0.39, 0.29) is 0 Å². The molecule has 0 saturated heterocycles. The number of rotatable bonds is 6. The van der Waals surface area contributed by atoms with Crippen molar-refractivity contribution in [2.75, 3.05) is 0 Å². The number of halogens is 1. The van der Waals surface area contributed by atoms with Crippen LogP contribution in [0.1, 0.15) is 29.7 Å². The van der Waals surface area contributed by atoms with Crippen LogP contribution in [0.5, 0.6) is 5.75 Å². The molecule has 0 spiro atoms. The van der Waals surface area contributed by atoms with Crippen molar-refractivity contribution in [2.45, 2.75) is 39.0 Å². The predicted octanol–water partition coefficient (Wildman–Crippen LogP) is 3.98. The molecule has 1 aliphatic rings. The van der Waals surface area contributed by atoms with Gasteiger partial charge in [0.2, 0.25) is 0 Å². The van der Waals surface area contributed by atoms with Gasteiger partial charge in [-0.1, -0.05) is 12.1 Å². The minimum Gasteiger partial charge on any atom is -0.486 e. The number of ether oxygens (including phenoxy) is 1. The van der Waals surface area contributed by atoms with Gasteiger partial charge in [-0.05, 0) is 65.0 Å². The van der Waals surface area contributed by atoms with Crippen LogP contribution in [-0.2, 0) is 13.2 Å². The summed E-state index contributed by atoms with van der Waals surface area (Å²) >= 11 is 3.59. The smallest absolute Gasteiger partial charge is 0.134 e. The van der Waals surface area contributed by atoms with Crippen molar-refractivity contribution in [3.63, 3.8) is 0 Å². The summed E-state index contributed by atoms with van der Waals surface area (Å²) in [5, 5.41) is 3.51. The lowest BCUT2D eigenvalue weighted by Gasteiger charge is -2.11. The van der Waals surface area contributed by atoms with E-state index in [4.69, 9.17) is 4.74 Å². The molecule has 0 atom stereocenters. The molecule has 0 amide bonds. The maximum atomic E-state index is 5.87. The normalized spacial score (nSPS) is 14.2. The second-order valence-corrected chi connectivity index (χ2v) is 6.33. The third-order valence-electron chi connectivity index (χ3n) is 3.65. The van der Waals surface area contributed by atoms with Gasteiger partial charge in [0.1, 0.15) is 12.4 Å². The Bertz CT molecular complexity index is 626. The van der Waals surface area contributed by atoms with Crippen molar-refractivity contribution < 1.29 is 4.74 Å². The van der Waals surface area contributed by atoms with Crippen molar-refractivity contribution in [2.24, 2.45) is 0 Å². The number of hydrogen-bond donors (Lipinski definition) is 1. The SMILES string of the molecule is Cc1cccnc1COc1ccc(CNC2CC2)cc1Br. The maximum Gasteiger partial charge on any atom is 0.134 e. The van der Waals surface area contributed by atoms with Crippen LogP contribution in [0, 0.1) is 6.92 Å². The Morgan fingerprint density at radius 2 is 2.19 bits per heavy atom. The second kappa shape index (κ2) is 6.58. The average Bonchev–Trinajstić information content (AvgIpc) is 3.30. The molecule has 21 heavy (non-hydrogen) atoms. The topological polar surface area (TPSA) is 34.1 Å². The van der Waals surface area contributed by atoms with Gasteiger partial charge in [-0.15, -0.1) is 0 Å². The van der Waals surface area contributed by atoms with E-state index in [1.807, 2.05) is 25.1 Å². The summed E-state index contributed by atoms with van der Waals surface area (Å²) in [6, 6.07) is 11.0. The zero-order valence-corrected chi connectivity index (χ0v) is 13.7. The van der Waals surface area contributed by atoms with E-state index in [0.717, 1.165) is 34.1 Å². The van der Waals surface area contributed by atoms with Crippen LogP contribution >= 0.6 is 15.9 Å². The van der Waals surface area contributed by atoms with Crippen LogP contribution in [0.25, 0.3) is 0 Å². The number of nitrogens with zero attached hydrogens (tertiary/aromatic N) is 1. The number of pyridine rings is 1. The molecule has 4 heteroatoms. The first-order valence-corrected chi connectivity index (χ1v) is 8.07. The summed E-state index contributed by atoms with van der Waals surface area (Å²) in [7, 11) is 0. The first-order valence-electron chi connectivity index (χ1n) is 7.27. The molecule has 1 aromatic heterocycles. The lowest BCUT2D eigenvalue weighted by molar-refractivity contribution is 0.298. The van der Waals surface area contributed by atoms with Crippen LogP contribution in [0.4, 0.5) is 0 Å². The second-order valence-electron chi connectivity index (χ2n) is 5.48. The van der Waals surface area contributed by atoms with Gasteiger partial charge in [-0.2, -0.15) is 0 Å². The number of hydrogen-bond acceptors (Lipinski definition) is 3. The molecule has 1 aliphatic carbocycles. The number of aromatic nitrogens is 1. The Labute approximate surface area is 133 Å². The van der Waals surface area contributed by atoms with Crippen LogP contribution in [0.3, 0.4) is 0 Å². The minimum absolute atomic E-state index is 0.491. The summed E-state index contributed by atoms with van der Waals surface area (Å²) < 4.78 is 6.86. The summed E-state index contributed by atoms with van der Waals surface area (Å²) in [5.41, 5.74) is 3.40. The molecule has 1 N–H and O–H groups in total. The van der Waals surface area contributed by atoms with E-state index < -0.39 is 0 Å². The maximum absolute atomic E-state index is 5.87. The molecule has 2 aromatic rings. The Morgan fingerprint density at radius 1 is 1.33 bits per heavy atom. The molecular formula is C17H19BrN2O. The number of benzene rings is 1. The van der Waals surface area contributed by atoms with Crippen molar-refractivity contribution in [3.05, 3.63) is 57.8 Å². The van der Waals surface area contributed by atoms with Gasteiger partial charge in [0.05, 0.1) is 10.2 Å². The summed E-state index contributed by atoms with van der Waals surface area (Å²) in [6.45, 7) is 3.46. The molecule has 110 valence electrons. The van der Waals surface area contributed by atoms with E-state index in [0.29, 0.717) is 6.61 Å². The molecule has 3 rings (SSSR count). The molecule has 0 bridgehead atoms. The summed E-state index contributed by atoms with van der Waals surface area (Å²) in [5.74, 6) is 0.857. The molecule has 1 saturated carbocycles. The van der Waals surface area contributed by atoms with Crippen molar-refractivity contribution >= 4 is 15.9 Å². The van der Waals surface area contributed by atoms with Crippen LogP contribution in [0.15, 0.2) is 41.0 Å². The highest BCUT2D eigenvalue weighted by molar-refractivity contribution is 9.10. The molecule has 3 nitrogen and oxygen atoms in total. The zero-order valence-electron chi connectivity index (χ0n) is 12.1. The third-order valence-corrected chi connectivity index (χ3v) is 4.27. The van der Waals surface area contributed by atoms with Gasteiger partial charge in [0, 0.05) is 18.8 Å². The summed E-state index contributed by atoms with van der Waals surface area (Å²) in [6.07, 6.45) is 4.42. The molecule has 0 unspecified atom stereocenters. The largest absolute Gasteiger partial charge is 0.486 e. The van der Waals surface area contributed by atoms with E-state index in [2.05, 4.69) is 38.4 Å². The minimum atomic E-state index is 0.491. The zero-order chi connectivity index (χ0) is 14.7. The molecule has 1 fully saturated rings. The van der Waals surface area contributed by atoms with E-state index in [9.17, 15) is 0 Å². The van der Waals surface area contributed by atoms with Gasteiger partial charge in [0.15, 0.2) is 0 Å². The van der Waals surface area contributed by atoms with Gasteiger partial charge in [-0.3, -0.25) is 4.98 Å². The van der Waals surface area contributed by atoms with E-state index >= 15 is 0 Å². The molecular weight excluding hydrogens is 328 g/mol. The Kier molecular flexibility index (Phi) is 4.56. The fourth-order valence-electron chi connectivity index (χ4n) is 2.14. The molecule has 1 heterocycles. The standard InChI is InChI=1S/C17H19BrN2O/c1-12-3-2-8-19-16(12)11-21-17-7-4-13(9-15(17)18)10-20-14-5-6-14/h2-4,7-9,14,20H,5-6,10-11H2,1H3. The first kappa shape index (κ1) is 14.5. The highest BCUT2D eigenvalue weighted by atomic mass is 79.9.